The number of rotatable bonds is 8. The van der Waals surface area contributed by atoms with E-state index in [4.69, 9.17) is 30.2 Å². The highest BCUT2D eigenvalue weighted by molar-refractivity contribution is 9.10. The molecule has 0 aliphatic rings. The highest BCUT2D eigenvalue weighted by atomic mass is 79.9. The van der Waals surface area contributed by atoms with Crippen molar-refractivity contribution >= 4 is 39.4 Å². The van der Waals surface area contributed by atoms with Gasteiger partial charge in [0.25, 0.3) is 0 Å². The second-order valence-corrected chi connectivity index (χ2v) is 7.26. The van der Waals surface area contributed by atoms with Crippen LogP contribution in [-0.4, -0.2) is 20.0 Å². The summed E-state index contributed by atoms with van der Waals surface area (Å²) in [5, 5.41) is 0.506. The van der Waals surface area contributed by atoms with Gasteiger partial charge >= 0.3 is 0 Å². The monoisotopic (exact) mass is 476 g/mol. The Labute approximate surface area is 182 Å². The number of hydrogen-bond donors (Lipinski definition) is 0. The molecule has 0 amide bonds. The highest BCUT2D eigenvalue weighted by Gasteiger charge is 2.09. The molecule has 3 aromatic rings. The van der Waals surface area contributed by atoms with E-state index in [1.54, 1.807) is 55.7 Å². The number of ether oxygens (including phenoxy) is 3. The number of methoxy groups -OCH3 is 2. The van der Waals surface area contributed by atoms with Crippen molar-refractivity contribution in [2.24, 2.45) is 0 Å². The number of hydrogen-bond acceptors (Lipinski definition) is 5. The quantitative estimate of drug-likeness (QED) is 0.286. The van der Waals surface area contributed by atoms with E-state index in [1.807, 2.05) is 6.07 Å². The van der Waals surface area contributed by atoms with Crippen molar-refractivity contribution in [2.75, 3.05) is 14.2 Å². The average Bonchev–Trinajstić information content (AvgIpc) is 3.18. The molecule has 5 nitrogen and oxygen atoms in total. The molecule has 0 bridgehead atoms. The molecule has 0 aliphatic carbocycles. The van der Waals surface area contributed by atoms with Crippen LogP contribution in [0.3, 0.4) is 0 Å². The smallest absolute Gasteiger partial charge is 0.186 e. The van der Waals surface area contributed by atoms with Crippen LogP contribution in [0.1, 0.15) is 21.9 Å². The SMILES string of the molecule is COc1ccc(C(=O)/C=C/c2ccc(COc3ccc(Br)cc3Cl)o2)cc1OC. The molecule has 0 atom stereocenters. The molecule has 3 rings (SSSR count). The first kappa shape index (κ1) is 21.0. The van der Waals surface area contributed by atoms with E-state index in [9.17, 15) is 4.79 Å². The fourth-order valence-electron chi connectivity index (χ4n) is 2.55. The Bertz CT molecular complexity index is 1040. The second-order valence-electron chi connectivity index (χ2n) is 5.93. The molecule has 150 valence electrons. The minimum Gasteiger partial charge on any atom is -0.493 e. The van der Waals surface area contributed by atoms with Gasteiger partial charge in [-0.25, -0.2) is 0 Å². The summed E-state index contributed by atoms with van der Waals surface area (Å²) in [5.41, 5.74) is 0.485. The van der Waals surface area contributed by atoms with Gasteiger partial charge in [-0.2, -0.15) is 0 Å². The van der Waals surface area contributed by atoms with E-state index in [-0.39, 0.29) is 12.4 Å². The van der Waals surface area contributed by atoms with E-state index in [0.29, 0.717) is 39.4 Å². The highest BCUT2D eigenvalue weighted by Crippen LogP contribution is 2.29. The molecule has 1 aromatic heterocycles. The fraction of sp³-hybridized carbons (Fsp3) is 0.136. The number of benzene rings is 2. The van der Waals surface area contributed by atoms with Crippen molar-refractivity contribution < 1.29 is 23.4 Å². The summed E-state index contributed by atoms with van der Waals surface area (Å²) in [6, 6.07) is 13.9. The van der Waals surface area contributed by atoms with Crippen molar-refractivity contribution in [3.8, 4) is 17.2 Å². The first-order chi connectivity index (χ1) is 14.0. The molecular weight excluding hydrogens is 460 g/mol. The lowest BCUT2D eigenvalue weighted by molar-refractivity contribution is 0.104. The molecule has 0 radical (unpaired) electrons. The van der Waals surface area contributed by atoms with E-state index in [0.717, 1.165) is 4.47 Å². The molecule has 0 aliphatic heterocycles. The number of ketones is 1. The zero-order valence-corrected chi connectivity index (χ0v) is 18.1. The molecule has 0 fully saturated rings. The maximum Gasteiger partial charge on any atom is 0.186 e. The number of furan rings is 1. The van der Waals surface area contributed by atoms with Gasteiger partial charge in [-0.3, -0.25) is 4.79 Å². The summed E-state index contributed by atoms with van der Waals surface area (Å²) < 4.78 is 22.6. The van der Waals surface area contributed by atoms with E-state index < -0.39 is 0 Å². The van der Waals surface area contributed by atoms with Crippen molar-refractivity contribution in [1.82, 2.24) is 0 Å². The molecule has 29 heavy (non-hydrogen) atoms. The Balaban J connectivity index is 1.63. The summed E-state index contributed by atoms with van der Waals surface area (Å²) >= 11 is 9.48. The average molecular weight is 478 g/mol. The van der Waals surface area contributed by atoms with Crippen molar-refractivity contribution in [3.05, 3.63) is 81.2 Å². The van der Waals surface area contributed by atoms with E-state index >= 15 is 0 Å². The topological polar surface area (TPSA) is 57.9 Å². The largest absolute Gasteiger partial charge is 0.493 e. The minimum absolute atomic E-state index is 0.179. The number of halogens is 2. The zero-order chi connectivity index (χ0) is 20.8. The van der Waals surface area contributed by atoms with Crippen LogP contribution in [0.15, 0.2) is 63.5 Å². The molecule has 0 saturated heterocycles. The third-order valence-corrected chi connectivity index (χ3v) is 4.80. The Morgan fingerprint density at radius 3 is 2.52 bits per heavy atom. The van der Waals surface area contributed by atoms with E-state index in [2.05, 4.69) is 15.9 Å². The van der Waals surface area contributed by atoms with Gasteiger partial charge in [-0.1, -0.05) is 27.5 Å². The maximum absolute atomic E-state index is 12.4. The van der Waals surface area contributed by atoms with Gasteiger partial charge in [0.15, 0.2) is 17.3 Å². The lowest BCUT2D eigenvalue weighted by Crippen LogP contribution is -1.97. The molecule has 0 saturated carbocycles. The Kier molecular flexibility index (Phi) is 7.01. The van der Waals surface area contributed by atoms with Gasteiger partial charge in [0.05, 0.1) is 19.2 Å². The Hall–Kier alpha value is -2.70. The third-order valence-electron chi connectivity index (χ3n) is 4.01. The van der Waals surface area contributed by atoms with Crippen LogP contribution in [0.25, 0.3) is 6.08 Å². The second kappa shape index (κ2) is 9.67. The van der Waals surface area contributed by atoms with Crippen LogP contribution in [-0.2, 0) is 6.61 Å². The third kappa shape index (κ3) is 5.43. The lowest BCUT2D eigenvalue weighted by atomic mass is 10.1. The van der Waals surface area contributed by atoms with Gasteiger partial charge in [0, 0.05) is 10.0 Å². The van der Waals surface area contributed by atoms with Crippen LogP contribution < -0.4 is 14.2 Å². The van der Waals surface area contributed by atoms with Gasteiger partial charge in [0.2, 0.25) is 0 Å². The zero-order valence-electron chi connectivity index (χ0n) is 15.8. The Morgan fingerprint density at radius 1 is 1.03 bits per heavy atom. The molecular formula is C22H18BrClO5. The van der Waals surface area contributed by atoms with Gasteiger partial charge in [-0.15, -0.1) is 0 Å². The predicted molar refractivity (Wildman–Crippen MR) is 115 cm³/mol. The van der Waals surface area contributed by atoms with Crippen molar-refractivity contribution in [1.29, 1.82) is 0 Å². The standard InChI is InChI=1S/C22H18BrClO5/c1-26-21-9-3-14(11-22(21)27-2)19(25)8-7-16-5-6-17(29-16)13-28-20-10-4-15(23)12-18(20)24/h3-12H,13H2,1-2H3/b8-7+. The molecule has 0 unspecified atom stereocenters. The van der Waals surface area contributed by atoms with Crippen molar-refractivity contribution in [2.45, 2.75) is 6.61 Å². The minimum atomic E-state index is -0.179. The molecule has 7 heteroatoms. The van der Waals surface area contributed by atoms with Crippen molar-refractivity contribution in [3.63, 3.8) is 0 Å². The first-order valence-electron chi connectivity index (χ1n) is 8.61. The molecule has 1 heterocycles. The predicted octanol–water partition coefficient (Wildman–Crippen LogP) is 6.19. The van der Waals surface area contributed by atoms with Crippen LogP contribution in [0.4, 0.5) is 0 Å². The summed E-state index contributed by atoms with van der Waals surface area (Å²) in [6.45, 7) is 0.221. The summed E-state index contributed by atoms with van der Waals surface area (Å²) in [6.07, 6.45) is 3.05. The summed E-state index contributed by atoms with van der Waals surface area (Å²) in [5.74, 6) is 2.60. The molecule has 0 spiro atoms. The summed E-state index contributed by atoms with van der Waals surface area (Å²) in [4.78, 5) is 12.4. The van der Waals surface area contributed by atoms with E-state index in [1.165, 1.54) is 13.2 Å². The molecule has 2 aromatic carbocycles. The van der Waals surface area contributed by atoms with Gasteiger partial charge in [0.1, 0.15) is 23.9 Å². The Morgan fingerprint density at radius 2 is 1.79 bits per heavy atom. The normalized spacial score (nSPS) is 10.9. The number of allylic oxidation sites excluding steroid dienone is 1. The summed E-state index contributed by atoms with van der Waals surface area (Å²) in [7, 11) is 3.07. The van der Waals surface area contributed by atoms with Crippen LogP contribution in [0.5, 0.6) is 17.2 Å². The molecule has 0 N–H and O–H groups in total. The van der Waals surface area contributed by atoms with Crippen LogP contribution in [0, 0.1) is 0 Å². The fourth-order valence-corrected chi connectivity index (χ4v) is 3.27. The number of carbonyl (C=O) groups excluding carboxylic acids is 1. The number of carbonyl (C=O) groups is 1. The van der Waals surface area contributed by atoms with Gasteiger partial charge < -0.3 is 18.6 Å². The van der Waals surface area contributed by atoms with Gasteiger partial charge in [-0.05, 0) is 60.7 Å². The lowest BCUT2D eigenvalue weighted by Gasteiger charge is -2.07. The maximum atomic E-state index is 12.4. The van der Waals surface area contributed by atoms with Crippen LogP contribution in [0.2, 0.25) is 5.02 Å². The van der Waals surface area contributed by atoms with Crippen LogP contribution >= 0.6 is 27.5 Å². The first-order valence-corrected chi connectivity index (χ1v) is 9.78.